The Morgan fingerprint density at radius 1 is 1.41 bits per heavy atom. The van der Waals surface area contributed by atoms with Crippen LogP contribution < -0.4 is 15.8 Å². The molecule has 1 unspecified atom stereocenters. The van der Waals surface area contributed by atoms with Gasteiger partial charge in [0.15, 0.2) is 5.96 Å². The molecule has 0 amide bonds. The first-order valence-electron chi connectivity index (χ1n) is 7.05. The molecule has 0 fully saturated rings. The molecule has 6 heteroatoms. The molecule has 0 saturated carbocycles. The van der Waals surface area contributed by atoms with Gasteiger partial charge in [0, 0.05) is 16.9 Å². The van der Waals surface area contributed by atoms with Gasteiger partial charge in [-0.15, -0.1) is 35.3 Å². The van der Waals surface area contributed by atoms with Gasteiger partial charge in [-0.1, -0.05) is 18.2 Å². The van der Waals surface area contributed by atoms with Gasteiger partial charge >= 0.3 is 0 Å². The number of aryl methyl sites for hydroxylation is 1. The van der Waals surface area contributed by atoms with Crippen molar-refractivity contribution in [1.29, 1.82) is 0 Å². The van der Waals surface area contributed by atoms with E-state index in [0.717, 1.165) is 17.7 Å². The second-order valence-corrected chi connectivity index (χ2v) is 6.10. The fourth-order valence-electron chi connectivity index (χ4n) is 2.44. The highest BCUT2D eigenvalue weighted by atomic mass is 127. The van der Waals surface area contributed by atoms with Crippen molar-refractivity contribution in [1.82, 2.24) is 5.32 Å². The number of thiophene rings is 1. The highest BCUT2D eigenvalue weighted by Gasteiger charge is 2.21. The van der Waals surface area contributed by atoms with Crippen molar-refractivity contribution in [2.45, 2.75) is 25.9 Å². The number of fused-ring (bicyclic) bond motifs is 1. The van der Waals surface area contributed by atoms with Crippen molar-refractivity contribution in [3.05, 3.63) is 51.7 Å². The summed E-state index contributed by atoms with van der Waals surface area (Å²) in [5.41, 5.74) is 8.45. The van der Waals surface area contributed by atoms with E-state index in [-0.39, 0.29) is 30.0 Å². The Bertz CT molecular complexity index is 656. The van der Waals surface area contributed by atoms with E-state index >= 15 is 0 Å². The Balaban J connectivity index is 0.00000176. The first kappa shape index (κ1) is 17.1. The third-order valence-electron chi connectivity index (χ3n) is 3.64. The zero-order valence-corrected chi connectivity index (χ0v) is 15.6. The Morgan fingerprint density at radius 3 is 3.00 bits per heavy atom. The van der Waals surface area contributed by atoms with Crippen molar-refractivity contribution < 1.29 is 4.74 Å². The van der Waals surface area contributed by atoms with Gasteiger partial charge in [0.1, 0.15) is 5.75 Å². The van der Waals surface area contributed by atoms with Gasteiger partial charge in [-0.3, -0.25) is 0 Å². The predicted molar refractivity (Wildman–Crippen MR) is 102 cm³/mol. The number of hydrogen-bond donors (Lipinski definition) is 2. The number of nitrogens with one attached hydrogen (secondary N) is 1. The van der Waals surface area contributed by atoms with E-state index in [0.29, 0.717) is 19.1 Å². The summed E-state index contributed by atoms with van der Waals surface area (Å²) in [7, 11) is 0. The number of guanidine groups is 1. The van der Waals surface area contributed by atoms with Gasteiger partial charge in [0.05, 0.1) is 19.2 Å². The van der Waals surface area contributed by atoms with Crippen LogP contribution in [0.25, 0.3) is 0 Å². The summed E-state index contributed by atoms with van der Waals surface area (Å²) in [6, 6.07) is 10.3. The number of rotatable bonds is 3. The van der Waals surface area contributed by atoms with E-state index in [1.54, 1.807) is 11.3 Å². The summed E-state index contributed by atoms with van der Waals surface area (Å²) in [6.45, 7) is 3.43. The monoisotopic (exact) mass is 429 g/mol. The highest BCUT2D eigenvalue weighted by molar-refractivity contribution is 14.0. The van der Waals surface area contributed by atoms with Crippen molar-refractivity contribution in [3.8, 4) is 5.75 Å². The van der Waals surface area contributed by atoms with Crippen LogP contribution in [0.1, 0.15) is 28.5 Å². The maximum absolute atomic E-state index is 6.03. The molecule has 2 heterocycles. The van der Waals surface area contributed by atoms with Crippen LogP contribution in [0, 0.1) is 6.92 Å². The first-order valence-corrected chi connectivity index (χ1v) is 7.93. The second-order valence-electron chi connectivity index (χ2n) is 5.10. The molecule has 118 valence electrons. The number of hydrogen-bond acceptors (Lipinski definition) is 3. The summed E-state index contributed by atoms with van der Waals surface area (Å²) >= 11 is 1.72. The predicted octanol–water partition coefficient (Wildman–Crippen LogP) is 3.60. The van der Waals surface area contributed by atoms with E-state index in [2.05, 4.69) is 34.7 Å². The van der Waals surface area contributed by atoms with Crippen molar-refractivity contribution in [2.24, 2.45) is 10.7 Å². The fraction of sp³-hybridized carbons (Fsp3) is 0.312. The molecule has 22 heavy (non-hydrogen) atoms. The summed E-state index contributed by atoms with van der Waals surface area (Å²) in [4.78, 5) is 5.70. The van der Waals surface area contributed by atoms with Crippen LogP contribution >= 0.6 is 35.3 Å². The molecule has 3 N–H and O–H groups in total. The smallest absolute Gasteiger partial charge is 0.189 e. The minimum atomic E-state index is 0. The third kappa shape index (κ3) is 3.92. The minimum Gasteiger partial charge on any atom is -0.493 e. The van der Waals surface area contributed by atoms with Crippen LogP contribution in [-0.2, 0) is 6.54 Å². The molecular formula is C16H20IN3OS. The summed E-state index contributed by atoms with van der Waals surface area (Å²) < 4.78 is 5.65. The number of ether oxygens (including phenoxy) is 1. The average molecular weight is 429 g/mol. The van der Waals surface area contributed by atoms with Gasteiger partial charge in [-0.25, -0.2) is 4.99 Å². The minimum absolute atomic E-state index is 0. The van der Waals surface area contributed by atoms with Crippen LogP contribution in [0.15, 0.2) is 40.7 Å². The lowest BCUT2D eigenvalue weighted by atomic mass is 10.0. The quantitative estimate of drug-likeness (QED) is 0.445. The summed E-state index contributed by atoms with van der Waals surface area (Å²) in [5.74, 6) is 1.42. The number of nitrogens with two attached hydrogens (primary N) is 1. The van der Waals surface area contributed by atoms with Gasteiger partial charge in [0.2, 0.25) is 0 Å². The Hall–Kier alpha value is -1.28. The zero-order valence-electron chi connectivity index (χ0n) is 12.4. The van der Waals surface area contributed by atoms with Gasteiger partial charge in [-0.05, 0) is 30.0 Å². The van der Waals surface area contributed by atoms with Crippen LogP contribution in [0.3, 0.4) is 0 Å². The van der Waals surface area contributed by atoms with Crippen molar-refractivity contribution >= 4 is 41.3 Å². The lowest BCUT2D eigenvalue weighted by molar-refractivity contribution is 0.262. The average Bonchev–Trinajstić information content (AvgIpc) is 2.91. The second kappa shape index (κ2) is 7.82. The molecule has 0 aliphatic carbocycles. The largest absolute Gasteiger partial charge is 0.493 e. The van der Waals surface area contributed by atoms with Crippen molar-refractivity contribution in [3.63, 3.8) is 0 Å². The molecule has 2 aromatic rings. The number of benzene rings is 1. The maximum Gasteiger partial charge on any atom is 0.189 e. The SMILES string of the molecule is Cc1ccsc1CN=C(N)NC1CCOc2ccccc21.I. The summed E-state index contributed by atoms with van der Waals surface area (Å²) in [5, 5.41) is 5.39. The maximum atomic E-state index is 6.03. The fourth-order valence-corrected chi connectivity index (χ4v) is 3.27. The number of aliphatic imine (C=N–C) groups is 1. The third-order valence-corrected chi connectivity index (χ3v) is 4.65. The molecule has 1 aliphatic heterocycles. The van der Waals surface area contributed by atoms with Gasteiger partial charge in [-0.2, -0.15) is 0 Å². The first-order chi connectivity index (χ1) is 10.2. The Labute approximate surface area is 151 Å². The van der Waals surface area contributed by atoms with Crippen LogP contribution in [0.2, 0.25) is 0 Å². The standard InChI is InChI=1S/C16H19N3OS.HI/c1-11-7-9-21-15(11)10-18-16(17)19-13-6-8-20-14-5-3-2-4-12(13)14;/h2-5,7,9,13H,6,8,10H2,1H3,(H3,17,18,19);1H. The Morgan fingerprint density at radius 2 is 2.23 bits per heavy atom. The normalized spacial score (nSPS) is 17.1. The van der Waals surface area contributed by atoms with Crippen LogP contribution in [-0.4, -0.2) is 12.6 Å². The van der Waals surface area contributed by atoms with Crippen LogP contribution in [0.4, 0.5) is 0 Å². The van der Waals surface area contributed by atoms with Gasteiger partial charge < -0.3 is 15.8 Å². The van der Waals surface area contributed by atoms with E-state index in [1.807, 2.05) is 18.2 Å². The number of halogens is 1. The van der Waals surface area contributed by atoms with E-state index in [4.69, 9.17) is 10.5 Å². The molecule has 1 atom stereocenters. The van der Waals surface area contributed by atoms with E-state index in [1.165, 1.54) is 10.4 Å². The molecule has 1 aromatic heterocycles. The zero-order chi connectivity index (χ0) is 14.7. The Kier molecular flexibility index (Phi) is 6.07. The molecule has 0 saturated heterocycles. The van der Waals surface area contributed by atoms with Gasteiger partial charge in [0.25, 0.3) is 0 Å². The molecule has 0 bridgehead atoms. The number of para-hydroxylation sites is 1. The molecule has 1 aliphatic rings. The molecule has 4 nitrogen and oxygen atoms in total. The summed E-state index contributed by atoms with van der Waals surface area (Å²) in [6.07, 6.45) is 0.894. The lowest BCUT2D eigenvalue weighted by Gasteiger charge is -2.26. The highest BCUT2D eigenvalue weighted by Crippen LogP contribution is 2.31. The topological polar surface area (TPSA) is 59.6 Å². The van der Waals surface area contributed by atoms with Crippen LogP contribution in [0.5, 0.6) is 5.75 Å². The van der Waals surface area contributed by atoms with E-state index in [9.17, 15) is 0 Å². The molecule has 1 aromatic carbocycles. The lowest BCUT2D eigenvalue weighted by Crippen LogP contribution is -2.37. The molecule has 0 spiro atoms. The van der Waals surface area contributed by atoms with Crippen molar-refractivity contribution in [2.75, 3.05) is 6.61 Å². The van der Waals surface area contributed by atoms with E-state index < -0.39 is 0 Å². The molecule has 3 rings (SSSR count). The molecular weight excluding hydrogens is 409 g/mol. The number of nitrogens with zero attached hydrogens (tertiary/aromatic N) is 1. The molecule has 0 radical (unpaired) electrons.